The third kappa shape index (κ3) is 10.8. The molecule has 2 heterocycles. The molecule has 2 saturated heterocycles. The van der Waals surface area contributed by atoms with Gasteiger partial charge in [0.15, 0.2) is 11.6 Å². The molecule has 2 aliphatic rings. The lowest BCUT2D eigenvalue weighted by atomic mass is 9.89. The van der Waals surface area contributed by atoms with Gasteiger partial charge in [-0.3, -0.25) is 24.1 Å². The molecule has 10 nitrogen and oxygen atoms in total. The number of nitrogens with zero attached hydrogens (tertiary/aromatic N) is 1. The van der Waals surface area contributed by atoms with Crippen LogP contribution in [-0.4, -0.2) is 91.0 Å². The second-order valence-electron chi connectivity index (χ2n) is 13.2. The molecule has 2 N–H and O–H groups in total. The standard InChI is InChI=1S/C35H47N3O7/c1-24(36-31(40)22-38-15-17-43-18-16-38)30(39)21-27(19-26-11-13-28(14-12-26)45-34(2,3)4)33(42)37-29(32(41)35(5)23-44-35)20-25-9-7-6-8-10-25/h6-14,24,27,29H,15-23H2,1-5H3,(H,36,40)(H,37,42)/t24-,27?,29-,35+/m0/s1. The number of ketones is 2. The van der Waals surface area contributed by atoms with Gasteiger partial charge in [0.05, 0.1) is 38.4 Å². The van der Waals surface area contributed by atoms with Crippen LogP contribution in [0.5, 0.6) is 5.75 Å². The number of ether oxygens (including phenoxy) is 3. The van der Waals surface area contributed by atoms with Crippen molar-refractivity contribution in [2.45, 2.75) is 77.2 Å². The van der Waals surface area contributed by atoms with E-state index in [-0.39, 0.29) is 42.5 Å². The number of rotatable bonds is 15. The number of hydrogen-bond donors (Lipinski definition) is 2. The minimum atomic E-state index is -0.930. The number of hydrogen-bond acceptors (Lipinski definition) is 8. The summed E-state index contributed by atoms with van der Waals surface area (Å²) in [5.74, 6) is -1.18. The summed E-state index contributed by atoms with van der Waals surface area (Å²) in [5, 5.41) is 5.76. The van der Waals surface area contributed by atoms with Gasteiger partial charge in [-0.05, 0) is 70.7 Å². The van der Waals surface area contributed by atoms with Gasteiger partial charge < -0.3 is 24.8 Å². The van der Waals surface area contributed by atoms with Gasteiger partial charge in [-0.15, -0.1) is 0 Å². The summed E-state index contributed by atoms with van der Waals surface area (Å²) in [6, 6.07) is 15.3. The predicted molar refractivity (Wildman–Crippen MR) is 170 cm³/mol. The minimum absolute atomic E-state index is 0.106. The Morgan fingerprint density at radius 3 is 2.16 bits per heavy atom. The van der Waals surface area contributed by atoms with Crippen LogP contribution in [0.15, 0.2) is 54.6 Å². The lowest BCUT2D eigenvalue weighted by Crippen LogP contribution is -2.50. The zero-order valence-corrected chi connectivity index (χ0v) is 27.1. The SMILES string of the molecule is C[C@H](NC(=O)CN1CCOCC1)C(=O)CC(Cc1ccc(OC(C)(C)C)cc1)C(=O)N[C@@H](Cc1ccccc1)C(=O)[C@@]1(C)CO1. The van der Waals surface area contributed by atoms with Crippen molar-refractivity contribution < 1.29 is 33.4 Å². The number of benzene rings is 2. The Bertz CT molecular complexity index is 1310. The molecule has 2 aromatic carbocycles. The zero-order chi connectivity index (χ0) is 32.6. The smallest absolute Gasteiger partial charge is 0.234 e. The van der Waals surface area contributed by atoms with Crippen LogP contribution in [0.4, 0.5) is 0 Å². The van der Waals surface area contributed by atoms with Crippen molar-refractivity contribution in [1.82, 2.24) is 15.5 Å². The van der Waals surface area contributed by atoms with Crippen LogP contribution in [0.25, 0.3) is 0 Å². The van der Waals surface area contributed by atoms with E-state index in [1.165, 1.54) is 0 Å². The monoisotopic (exact) mass is 621 g/mol. The number of nitrogens with one attached hydrogen (secondary N) is 2. The fraction of sp³-hybridized carbons (Fsp3) is 0.543. The fourth-order valence-electron chi connectivity index (χ4n) is 5.31. The molecule has 2 fully saturated rings. The van der Waals surface area contributed by atoms with Gasteiger partial charge in [-0.1, -0.05) is 42.5 Å². The Labute approximate surface area is 266 Å². The van der Waals surface area contributed by atoms with E-state index < -0.39 is 29.5 Å². The molecule has 2 amide bonds. The van der Waals surface area contributed by atoms with E-state index in [1.54, 1.807) is 13.8 Å². The van der Waals surface area contributed by atoms with Gasteiger partial charge in [-0.25, -0.2) is 0 Å². The fourth-order valence-corrected chi connectivity index (χ4v) is 5.31. The predicted octanol–water partition coefficient (Wildman–Crippen LogP) is 2.90. The highest BCUT2D eigenvalue weighted by Crippen LogP contribution is 2.29. The Hall–Kier alpha value is -3.60. The number of amides is 2. The van der Waals surface area contributed by atoms with Gasteiger partial charge in [0.25, 0.3) is 0 Å². The van der Waals surface area contributed by atoms with E-state index in [0.717, 1.165) is 11.1 Å². The average molecular weight is 622 g/mol. The van der Waals surface area contributed by atoms with Crippen LogP contribution in [0.2, 0.25) is 0 Å². The Kier molecular flexibility index (Phi) is 11.5. The van der Waals surface area contributed by atoms with Crippen molar-refractivity contribution in [3.8, 4) is 5.75 Å². The first kappa shape index (κ1) is 34.3. The minimum Gasteiger partial charge on any atom is -0.488 e. The van der Waals surface area contributed by atoms with E-state index in [9.17, 15) is 19.2 Å². The molecule has 0 bridgehead atoms. The second kappa shape index (κ2) is 15.1. The topological polar surface area (TPSA) is 127 Å². The zero-order valence-electron chi connectivity index (χ0n) is 27.1. The van der Waals surface area contributed by atoms with E-state index >= 15 is 0 Å². The summed E-state index contributed by atoms with van der Waals surface area (Å²) in [7, 11) is 0. The molecule has 0 aliphatic carbocycles. The first-order valence-electron chi connectivity index (χ1n) is 15.7. The summed E-state index contributed by atoms with van der Waals surface area (Å²) in [5.41, 5.74) is 0.455. The summed E-state index contributed by atoms with van der Waals surface area (Å²) in [6.07, 6.45) is 0.463. The highest BCUT2D eigenvalue weighted by Gasteiger charge is 2.50. The van der Waals surface area contributed by atoms with Crippen molar-refractivity contribution in [3.63, 3.8) is 0 Å². The third-order valence-corrected chi connectivity index (χ3v) is 7.99. The van der Waals surface area contributed by atoms with Gasteiger partial charge in [0.2, 0.25) is 11.8 Å². The van der Waals surface area contributed by atoms with Crippen LogP contribution in [-0.2, 0) is 41.5 Å². The molecular weight excluding hydrogens is 574 g/mol. The maximum Gasteiger partial charge on any atom is 0.234 e. The molecule has 10 heteroatoms. The van der Waals surface area contributed by atoms with E-state index in [2.05, 4.69) is 10.6 Å². The number of carbonyl (C=O) groups excluding carboxylic acids is 4. The Morgan fingerprint density at radius 1 is 0.933 bits per heavy atom. The van der Waals surface area contributed by atoms with Gasteiger partial charge in [0, 0.05) is 25.4 Å². The molecule has 45 heavy (non-hydrogen) atoms. The molecule has 2 aliphatic heterocycles. The first-order chi connectivity index (χ1) is 21.3. The Balaban J connectivity index is 1.48. The lowest BCUT2D eigenvalue weighted by molar-refractivity contribution is -0.134. The van der Waals surface area contributed by atoms with Gasteiger partial charge in [-0.2, -0.15) is 0 Å². The molecule has 0 aromatic heterocycles. The van der Waals surface area contributed by atoms with Crippen molar-refractivity contribution >= 4 is 23.4 Å². The van der Waals surface area contributed by atoms with Gasteiger partial charge in [0.1, 0.15) is 17.0 Å². The summed E-state index contributed by atoms with van der Waals surface area (Å²) in [4.78, 5) is 55.4. The van der Waals surface area contributed by atoms with Crippen molar-refractivity contribution in [3.05, 3.63) is 65.7 Å². The second-order valence-corrected chi connectivity index (χ2v) is 13.2. The molecule has 0 spiro atoms. The summed E-state index contributed by atoms with van der Waals surface area (Å²) < 4.78 is 16.7. The average Bonchev–Trinajstić information content (AvgIpc) is 3.75. The number of epoxide rings is 1. The largest absolute Gasteiger partial charge is 0.488 e. The van der Waals surface area contributed by atoms with Crippen LogP contribution < -0.4 is 15.4 Å². The van der Waals surface area contributed by atoms with Gasteiger partial charge >= 0.3 is 0 Å². The van der Waals surface area contributed by atoms with Crippen LogP contribution in [0, 0.1) is 5.92 Å². The quantitative estimate of drug-likeness (QED) is 0.291. The molecule has 4 rings (SSSR count). The molecule has 1 unspecified atom stereocenters. The third-order valence-electron chi connectivity index (χ3n) is 7.99. The Morgan fingerprint density at radius 2 is 1.56 bits per heavy atom. The molecule has 0 saturated carbocycles. The summed E-state index contributed by atoms with van der Waals surface area (Å²) in [6.45, 7) is 12.2. The first-order valence-corrected chi connectivity index (χ1v) is 15.7. The van der Waals surface area contributed by atoms with Crippen LogP contribution in [0.3, 0.4) is 0 Å². The molecular formula is C35H47N3O7. The highest BCUT2D eigenvalue weighted by atomic mass is 16.6. The maximum atomic E-state index is 13.9. The molecule has 2 aromatic rings. The highest BCUT2D eigenvalue weighted by molar-refractivity contribution is 5.98. The molecule has 4 atom stereocenters. The van der Waals surface area contributed by atoms with Crippen LogP contribution >= 0.6 is 0 Å². The van der Waals surface area contributed by atoms with Crippen LogP contribution in [0.1, 0.15) is 52.2 Å². The lowest BCUT2D eigenvalue weighted by Gasteiger charge is -2.27. The van der Waals surface area contributed by atoms with E-state index in [1.807, 2.05) is 80.3 Å². The van der Waals surface area contributed by atoms with Crippen molar-refractivity contribution in [2.24, 2.45) is 5.92 Å². The number of morpholine rings is 1. The normalized spacial score (nSPS) is 20.4. The number of Topliss-reactive ketones (excluding diaryl/α,β-unsaturated/α-hetero) is 2. The van der Waals surface area contributed by atoms with E-state index in [4.69, 9.17) is 14.2 Å². The van der Waals surface area contributed by atoms with Crippen molar-refractivity contribution in [1.29, 1.82) is 0 Å². The molecule has 244 valence electrons. The van der Waals surface area contributed by atoms with E-state index in [0.29, 0.717) is 45.1 Å². The maximum absolute atomic E-state index is 13.9. The molecule has 0 radical (unpaired) electrons. The van der Waals surface area contributed by atoms with Crippen molar-refractivity contribution in [2.75, 3.05) is 39.5 Å². The summed E-state index contributed by atoms with van der Waals surface area (Å²) >= 11 is 0. The number of carbonyl (C=O) groups is 4.